The molecular weight excluding hydrogens is 210 g/mol. The molecule has 16 heavy (non-hydrogen) atoms. The lowest BCUT2D eigenvalue weighted by molar-refractivity contribution is -0.136. The van der Waals surface area contributed by atoms with Crippen molar-refractivity contribution in [1.82, 2.24) is 15.0 Å². The van der Waals surface area contributed by atoms with Crippen LogP contribution < -0.4 is 0 Å². The average molecular weight is 225 g/mol. The lowest BCUT2D eigenvalue weighted by Crippen LogP contribution is -2.19. The van der Waals surface area contributed by atoms with E-state index in [0.29, 0.717) is 12.5 Å². The molecule has 0 atom stereocenters. The molecule has 0 aromatic carbocycles. The molecule has 1 N–H and O–H groups in total. The number of ether oxygens (including phenoxy) is 1. The van der Waals surface area contributed by atoms with Crippen molar-refractivity contribution < 1.29 is 14.6 Å². The van der Waals surface area contributed by atoms with Crippen LogP contribution >= 0.6 is 0 Å². The van der Waals surface area contributed by atoms with E-state index in [9.17, 15) is 4.79 Å². The third-order valence-electron chi connectivity index (χ3n) is 2.72. The van der Waals surface area contributed by atoms with Gasteiger partial charge in [0.15, 0.2) is 0 Å². The number of carbonyl (C=O) groups is 1. The highest BCUT2D eigenvalue weighted by molar-refractivity contribution is 5.66. The van der Waals surface area contributed by atoms with Crippen molar-refractivity contribution in [3.63, 3.8) is 0 Å². The standard InChI is InChI=1S/C10H15N3O3/c14-10(15)2-1-8-7-13(12-11-8)9-3-5-16-6-4-9/h7,9H,1-6H2,(H,14,15). The van der Waals surface area contributed by atoms with Crippen molar-refractivity contribution in [2.75, 3.05) is 13.2 Å². The Morgan fingerprint density at radius 1 is 1.56 bits per heavy atom. The van der Waals surface area contributed by atoms with Gasteiger partial charge >= 0.3 is 5.97 Å². The smallest absolute Gasteiger partial charge is 0.303 e. The third-order valence-corrected chi connectivity index (χ3v) is 2.72. The highest BCUT2D eigenvalue weighted by Gasteiger charge is 2.17. The molecule has 1 fully saturated rings. The monoisotopic (exact) mass is 225 g/mol. The van der Waals surface area contributed by atoms with Crippen LogP contribution in [0.25, 0.3) is 0 Å². The fraction of sp³-hybridized carbons (Fsp3) is 0.700. The van der Waals surface area contributed by atoms with Gasteiger partial charge in [0, 0.05) is 25.8 Å². The van der Waals surface area contributed by atoms with E-state index in [4.69, 9.17) is 9.84 Å². The average Bonchev–Trinajstić information content (AvgIpc) is 2.76. The van der Waals surface area contributed by atoms with E-state index in [1.54, 1.807) is 0 Å². The molecule has 0 aliphatic carbocycles. The summed E-state index contributed by atoms with van der Waals surface area (Å²) in [6, 6.07) is 0.347. The fourth-order valence-electron chi connectivity index (χ4n) is 1.79. The van der Waals surface area contributed by atoms with Crippen LogP contribution in [0.4, 0.5) is 0 Å². The topological polar surface area (TPSA) is 77.2 Å². The number of aliphatic carboxylic acids is 1. The van der Waals surface area contributed by atoms with Gasteiger partial charge in [0.25, 0.3) is 0 Å². The second kappa shape index (κ2) is 5.07. The maximum Gasteiger partial charge on any atom is 0.303 e. The number of rotatable bonds is 4. The zero-order valence-electron chi connectivity index (χ0n) is 9.00. The third kappa shape index (κ3) is 2.79. The van der Waals surface area contributed by atoms with Crippen molar-refractivity contribution in [3.8, 4) is 0 Å². The quantitative estimate of drug-likeness (QED) is 0.814. The van der Waals surface area contributed by atoms with Crippen LogP contribution in [0.5, 0.6) is 0 Å². The molecule has 2 heterocycles. The first-order chi connectivity index (χ1) is 7.75. The van der Waals surface area contributed by atoms with Crippen LogP contribution in [0.15, 0.2) is 6.20 Å². The van der Waals surface area contributed by atoms with Crippen LogP contribution in [0, 0.1) is 0 Å². The summed E-state index contributed by atoms with van der Waals surface area (Å²) in [6.45, 7) is 1.52. The number of carboxylic acids is 1. The largest absolute Gasteiger partial charge is 0.481 e. The van der Waals surface area contributed by atoms with Crippen LogP contribution in [0.1, 0.15) is 31.0 Å². The van der Waals surface area contributed by atoms with Gasteiger partial charge in [-0.25, -0.2) is 4.68 Å². The summed E-state index contributed by atoms with van der Waals surface area (Å²) in [4.78, 5) is 10.4. The fourth-order valence-corrected chi connectivity index (χ4v) is 1.79. The number of nitrogens with zero attached hydrogens (tertiary/aromatic N) is 3. The van der Waals surface area contributed by atoms with Gasteiger partial charge in [0.1, 0.15) is 0 Å². The first-order valence-electron chi connectivity index (χ1n) is 5.46. The van der Waals surface area contributed by atoms with Crippen molar-refractivity contribution in [3.05, 3.63) is 11.9 Å². The van der Waals surface area contributed by atoms with E-state index in [1.165, 1.54) is 0 Å². The molecule has 0 amide bonds. The van der Waals surface area contributed by atoms with Crippen LogP contribution in [-0.4, -0.2) is 39.3 Å². The second-order valence-corrected chi connectivity index (χ2v) is 3.93. The van der Waals surface area contributed by atoms with E-state index in [0.717, 1.165) is 31.7 Å². The van der Waals surface area contributed by atoms with Gasteiger partial charge in [-0.1, -0.05) is 5.21 Å². The number of hydrogen-bond acceptors (Lipinski definition) is 4. The van der Waals surface area contributed by atoms with E-state index in [2.05, 4.69) is 10.3 Å². The summed E-state index contributed by atoms with van der Waals surface area (Å²) in [6.07, 6.45) is 4.29. The number of aromatic nitrogens is 3. The van der Waals surface area contributed by atoms with Gasteiger partial charge in [-0.15, -0.1) is 5.10 Å². The Balaban J connectivity index is 1.93. The van der Waals surface area contributed by atoms with E-state index >= 15 is 0 Å². The molecule has 0 spiro atoms. The number of aryl methyl sites for hydroxylation is 1. The molecular formula is C10H15N3O3. The van der Waals surface area contributed by atoms with Crippen molar-refractivity contribution >= 4 is 5.97 Å². The first kappa shape index (κ1) is 11.1. The number of carboxylic acid groups (broad SMARTS) is 1. The maximum atomic E-state index is 10.4. The summed E-state index contributed by atoms with van der Waals surface area (Å²) < 4.78 is 7.10. The number of hydrogen-bond donors (Lipinski definition) is 1. The zero-order chi connectivity index (χ0) is 11.4. The predicted molar refractivity (Wildman–Crippen MR) is 55.1 cm³/mol. The summed E-state index contributed by atoms with van der Waals surface area (Å²) in [5.74, 6) is -0.805. The molecule has 0 unspecified atom stereocenters. The molecule has 2 rings (SSSR count). The Morgan fingerprint density at radius 3 is 3.00 bits per heavy atom. The van der Waals surface area contributed by atoms with Gasteiger partial charge in [0.05, 0.1) is 18.2 Å². The van der Waals surface area contributed by atoms with Gasteiger partial charge in [-0.05, 0) is 12.8 Å². The molecule has 0 radical (unpaired) electrons. The van der Waals surface area contributed by atoms with E-state index < -0.39 is 5.97 Å². The Kier molecular flexibility index (Phi) is 3.51. The molecule has 0 saturated carbocycles. The molecule has 6 heteroatoms. The minimum absolute atomic E-state index is 0.104. The lowest BCUT2D eigenvalue weighted by atomic mass is 10.1. The summed E-state index contributed by atoms with van der Waals surface area (Å²) in [5, 5.41) is 16.6. The van der Waals surface area contributed by atoms with Gasteiger partial charge in [0.2, 0.25) is 0 Å². The SMILES string of the molecule is O=C(O)CCc1cn(C2CCOCC2)nn1. The Labute approximate surface area is 93.2 Å². The molecule has 0 bridgehead atoms. The molecule has 1 aromatic rings. The Hall–Kier alpha value is -1.43. The Bertz CT molecular complexity index is 358. The molecule has 1 aromatic heterocycles. The first-order valence-corrected chi connectivity index (χ1v) is 5.46. The minimum atomic E-state index is -0.805. The molecule has 88 valence electrons. The van der Waals surface area contributed by atoms with Crippen molar-refractivity contribution in [2.24, 2.45) is 0 Å². The second-order valence-electron chi connectivity index (χ2n) is 3.93. The Morgan fingerprint density at radius 2 is 2.31 bits per heavy atom. The van der Waals surface area contributed by atoms with Crippen LogP contribution in [0.3, 0.4) is 0 Å². The van der Waals surface area contributed by atoms with Gasteiger partial charge in [-0.3, -0.25) is 4.79 Å². The summed E-state index contributed by atoms with van der Waals surface area (Å²) in [5.41, 5.74) is 0.744. The van der Waals surface area contributed by atoms with Crippen LogP contribution in [0.2, 0.25) is 0 Å². The van der Waals surface area contributed by atoms with Crippen molar-refractivity contribution in [2.45, 2.75) is 31.7 Å². The molecule has 1 saturated heterocycles. The van der Waals surface area contributed by atoms with Gasteiger partial charge < -0.3 is 9.84 Å². The molecule has 6 nitrogen and oxygen atoms in total. The summed E-state index contributed by atoms with van der Waals surface area (Å²) >= 11 is 0. The highest BCUT2D eigenvalue weighted by Crippen LogP contribution is 2.19. The van der Waals surface area contributed by atoms with Gasteiger partial charge in [-0.2, -0.15) is 0 Å². The maximum absolute atomic E-state index is 10.4. The lowest BCUT2D eigenvalue weighted by Gasteiger charge is -2.21. The van der Waals surface area contributed by atoms with E-state index in [1.807, 2.05) is 10.9 Å². The van der Waals surface area contributed by atoms with Crippen LogP contribution in [-0.2, 0) is 16.0 Å². The minimum Gasteiger partial charge on any atom is -0.481 e. The summed E-state index contributed by atoms with van der Waals surface area (Å²) in [7, 11) is 0. The molecule has 1 aliphatic rings. The van der Waals surface area contributed by atoms with Crippen molar-refractivity contribution in [1.29, 1.82) is 0 Å². The molecule has 1 aliphatic heterocycles. The highest BCUT2D eigenvalue weighted by atomic mass is 16.5. The normalized spacial score (nSPS) is 17.5. The van der Waals surface area contributed by atoms with E-state index in [-0.39, 0.29) is 6.42 Å². The predicted octanol–water partition coefficient (Wildman–Crippen LogP) is 0.647. The zero-order valence-corrected chi connectivity index (χ0v) is 9.00.